The monoisotopic (exact) mass is 277 g/mol. The predicted molar refractivity (Wildman–Crippen MR) is 74.2 cm³/mol. The van der Waals surface area contributed by atoms with Crippen LogP contribution in [0.5, 0.6) is 0 Å². The first-order valence-corrected chi connectivity index (χ1v) is 7.36. The van der Waals surface area contributed by atoms with Crippen LogP contribution >= 0.6 is 0 Å². The van der Waals surface area contributed by atoms with Crippen LogP contribution in [0.15, 0.2) is 53.7 Å². The Morgan fingerprint density at radius 2 is 1.68 bits per heavy atom. The van der Waals surface area contributed by atoms with Gasteiger partial charge in [0, 0.05) is 24.6 Å². The van der Waals surface area contributed by atoms with Gasteiger partial charge in [-0.15, -0.1) is 0 Å². The van der Waals surface area contributed by atoms with Crippen LogP contribution in [0.25, 0.3) is 0 Å². The van der Waals surface area contributed by atoms with E-state index in [1.807, 2.05) is 12.1 Å². The summed E-state index contributed by atoms with van der Waals surface area (Å²) in [6, 6.07) is 10.4. The Morgan fingerprint density at radius 3 is 2.26 bits per heavy atom. The molecule has 100 valence electrons. The summed E-state index contributed by atoms with van der Waals surface area (Å²) in [6.45, 7) is 0.763. The molecule has 0 aliphatic carbocycles. The summed E-state index contributed by atoms with van der Waals surface area (Å²) in [7, 11) is -3.61. The molecule has 5 nitrogen and oxygen atoms in total. The number of pyridine rings is 1. The molecular weight excluding hydrogens is 262 g/mol. The molecule has 0 unspecified atom stereocenters. The fourth-order valence-corrected chi connectivity index (χ4v) is 2.18. The van der Waals surface area contributed by atoms with E-state index in [9.17, 15) is 8.42 Å². The second-order valence-electron chi connectivity index (χ2n) is 4.10. The van der Waals surface area contributed by atoms with Gasteiger partial charge in [0.15, 0.2) is 0 Å². The zero-order valence-corrected chi connectivity index (χ0v) is 11.1. The highest BCUT2D eigenvalue weighted by Crippen LogP contribution is 2.10. The molecule has 0 bridgehead atoms. The predicted octanol–water partition coefficient (Wildman–Crippen LogP) is 1.38. The second kappa shape index (κ2) is 5.81. The largest absolute Gasteiger partial charge is 0.385 e. The molecule has 0 fully saturated rings. The number of anilines is 1. The molecule has 2 aromatic rings. The molecule has 1 heterocycles. The number of benzene rings is 1. The number of aromatic nitrogens is 1. The van der Waals surface area contributed by atoms with E-state index in [2.05, 4.69) is 10.3 Å². The van der Waals surface area contributed by atoms with E-state index < -0.39 is 10.0 Å². The van der Waals surface area contributed by atoms with Gasteiger partial charge in [-0.25, -0.2) is 13.6 Å². The quantitative estimate of drug-likeness (QED) is 0.864. The summed E-state index contributed by atoms with van der Waals surface area (Å²) in [5.74, 6) is 0. The molecule has 6 heteroatoms. The molecule has 0 amide bonds. The Morgan fingerprint density at radius 1 is 1.05 bits per heavy atom. The molecule has 0 saturated carbocycles. The van der Waals surface area contributed by atoms with E-state index in [0.29, 0.717) is 0 Å². The molecule has 19 heavy (non-hydrogen) atoms. The summed E-state index contributed by atoms with van der Waals surface area (Å²) in [6.07, 6.45) is 4.25. The summed E-state index contributed by atoms with van der Waals surface area (Å²) in [5, 5.41) is 8.29. The molecule has 0 aliphatic heterocycles. The van der Waals surface area contributed by atoms with Crippen molar-refractivity contribution in [3.63, 3.8) is 0 Å². The molecule has 2 rings (SSSR count). The Balaban J connectivity index is 1.90. The molecule has 0 spiro atoms. The first-order chi connectivity index (χ1) is 9.05. The Hall–Kier alpha value is -1.92. The van der Waals surface area contributed by atoms with Gasteiger partial charge < -0.3 is 5.32 Å². The second-order valence-corrected chi connectivity index (χ2v) is 5.66. The van der Waals surface area contributed by atoms with E-state index in [4.69, 9.17) is 5.14 Å². The highest BCUT2D eigenvalue weighted by atomic mass is 32.2. The Labute approximate surface area is 112 Å². The van der Waals surface area contributed by atoms with E-state index in [1.165, 1.54) is 12.1 Å². The van der Waals surface area contributed by atoms with E-state index in [1.54, 1.807) is 24.5 Å². The van der Waals surface area contributed by atoms with E-state index >= 15 is 0 Å². The van der Waals surface area contributed by atoms with Gasteiger partial charge in [0.05, 0.1) is 4.90 Å². The van der Waals surface area contributed by atoms with Gasteiger partial charge in [-0.1, -0.05) is 12.1 Å². The number of hydrogen-bond acceptors (Lipinski definition) is 4. The lowest BCUT2D eigenvalue weighted by molar-refractivity contribution is 0.598. The van der Waals surface area contributed by atoms with Crippen molar-refractivity contribution in [2.45, 2.75) is 11.3 Å². The third-order valence-corrected chi connectivity index (χ3v) is 3.60. The highest BCUT2D eigenvalue weighted by molar-refractivity contribution is 7.89. The first kappa shape index (κ1) is 13.5. The first-order valence-electron chi connectivity index (χ1n) is 5.81. The van der Waals surface area contributed by atoms with Crippen LogP contribution in [0.2, 0.25) is 0 Å². The molecule has 1 aromatic carbocycles. The van der Waals surface area contributed by atoms with Crippen LogP contribution < -0.4 is 10.5 Å². The van der Waals surface area contributed by atoms with Gasteiger partial charge in [0.1, 0.15) is 0 Å². The van der Waals surface area contributed by atoms with Crippen LogP contribution in [0.4, 0.5) is 5.69 Å². The minimum atomic E-state index is -3.61. The van der Waals surface area contributed by atoms with Gasteiger partial charge in [-0.2, -0.15) is 0 Å². The van der Waals surface area contributed by atoms with Crippen molar-refractivity contribution >= 4 is 15.7 Å². The number of nitrogens with two attached hydrogens (primary N) is 1. The maximum atomic E-state index is 11.1. The topological polar surface area (TPSA) is 85.1 Å². The average Bonchev–Trinajstić information content (AvgIpc) is 2.39. The van der Waals surface area contributed by atoms with Crippen molar-refractivity contribution in [1.82, 2.24) is 4.98 Å². The molecular formula is C13H15N3O2S. The number of sulfonamides is 1. The Kier molecular flexibility index (Phi) is 4.13. The van der Waals surface area contributed by atoms with Crippen LogP contribution in [-0.4, -0.2) is 19.9 Å². The van der Waals surface area contributed by atoms with Crippen molar-refractivity contribution in [2.75, 3.05) is 11.9 Å². The standard InChI is InChI=1S/C13H15N3O2S/c14-19(17,18)13-3-1-11(2-4-13)5-10-16-12-6-8-15-9-7-12/h1-4,6-9H,5,10H2,(H,15,16)(H2,14,17,18). The maximum absolute atomic E-state index is 11.1. The third kappa shape index (κ3) is 4.04. The number of primary sulfonamides is 1. The Bertz CT molecular complexity index is 625. The summed E-state index contributed by atoms with van der Waals surface area (Å²) >= 11 is 0. The van der Waals surface area contributed by atoms with Crippen molar-refractivity contribution in [3.05, 3.63) is 54.4 Å². The average molecular weight is 277 g/mol. The number of hydrogen-bond donors (Lipinski definition) is 2. The SMILES string of the molecule is NS(=O)(=O)c1ccc(CCNc2ccncc2)cc1. The minimum absolute atomic E-state index is 0.137. The summed E-state index contributed by atoms with van der Waals surface area (Å²) in [4.78, 5) is 4.07. The summed E-state index contributed by atoms with van der Waals surface area (Å²) < 4.78 is 22.2. The summed E-state index contributed by atoms with van der Waals surface area (Å²) in [5.41, 5.74) is 2.06. The van der Waals surface area contributed by atoms with Gasteiger partial charge in [0.25, 0.3) is 0 Å². The number of rotatable bonds is 5. The van der Waals surface area contributed by atoms with Gasteiger partial charge >= 0.3 is 0 Å². The normalized spacial score (nSPS) is 11.2. The van der Waals surface area contributed by atoms with Gasteiger partial charge in [0.2, 0.25) is 10.0 Å². The van der Waals surface area contributed by atoms with E-state index in [-0.39, 0.29) is 4.90 Å². The molecule has 0 atom stereocenters. The molecule has 1 aromatic heterocycles. The van der Waals surface area contributed by atoms with Gasteiger partial charge in [-0.3, -0.25) is 4.98 Å². The van der Waals surface area contributed by atoms with E-state index in [0.717, 1.165) is 24.2 Å². The van der Waals surface area contributed by atoms with Crippen molar-refractivity contribution in [3.8, 4) is 0 Å². The maximum Gasteiger partial charge on any atom is 0.238 e. The lowest BCUT2D eigenvalue weighted by atomic mass is 10.1. The fraction of sp³-hybridized carbons (Fsp3) is 0.154. The van der Waals surface area contributed by atoms with Crippen molar-refractivity contribution in [2.24, 2.45) is 5.14 Å². The lowest BCUT2D eigenvalue weighted by Gasteiger charge is -2.06. The van der Waals surface area contributed by atoms with Crippen molar-refractivity contribution in [1.29, 1.82) is 0 Å². The van der Waals surface area contributed by atoms with Crippen LogP contribution in [0.3, 0.4) is 0 Å². The molecule has 0 saturated heterocycles. The van der Waals surface area contributed by atoms with Gasteiger partial charge in [-0.05, 0) is 36.2 Å². The fourth-order valence-electron chi connectivity index (χ4n) is 1.67. The van der Waals surface area contributed by atoms with Crippen LogP contribution in [-0.2, 0) is 16.4 Å². The highest BCUT2D eigenvalue weighted by Gasteiger charge is 2.06. The zero-order valence-electron chi connectivity index (χ0n) is 10.3. The van der Waals surface area contributed by atoms with Crippen molar-refractivity contribution < 1.29 is 8.42 Å². The lowest BCUT2D eigenvalue weighted by Crippen LogP contribution is -2.12. The smallest absolute Gasteiger partial charge is 0.238 e. The third-order valence-electron chi connectivity index (χ3n) is 2.68. The number of nitrogens with one attached hydrogen (secondary N) is 1. The molecule has 0 aliphatic rings. The van der Waals surface area contributed by atoms with Crippen LogP contribution in [0, 0.1) is 0 Å². The minimum Gasteiger partial charge on any atom is -0.385 e. The molecule has 0 radical (unpaired) electrons. The zero-order chi connectivity index (χ0) is 13.7. The molecule has 3 N–H and O–H groups in total. The number of nitrogens with zero attached hydrogens (tertiary/aromatic N) is 1. The van der Waals surface area contributed by atoms with Crippen LogP contribution in [0.1, 0.15) is 5.56 Å².